The number of hydrogen-bond donors (Lipinski definition) is 0. The Balaban J connectivity index is 2.23. The highest BCUT2D eigenvalue weighted by Gasteiger charge is 2.25. The first kappa shape index (κ1) is 9.83. The summed E-state index contributed by atoms with van der Waals surface area (Å²) in [6, 6.07) is 6.29. The molecule has 0 heterocycles. The minimum absolute atomic E-state index is 0.0363. The number of hydrogen-bond acceptors (Lipinski definition) is 3. The van der Waals surface area contributed by atoms with Crippen LogP contribution in [0.1, 0.15) is 30.7 Å². The number of nitro benzene ring substituents is 1. The van der Waals surface area contributed by atoms with E-state index in [2.05, 4.69) is 0 Å². The fraction of sp³-hybridized carbons (Fsp3) is 0.364. The van der Waals surface area contributed by atoms with E-state index in [1.54, 1.807) is 12.1 Å². The standard InChI is InChI=1S/C11H11NO3/c13-11-3-1-2-10(11)8-4-6-9(7-5-8)12(14)15/h4-7,10H,1-3H2. The second-order valence-corrected chi connectivity index (χ2v) is 3.76. The van der Waals surface area contributed by atoms with Crippen molar-refractivity contribution < 1.29 is 9.72 Å². The summed E-state index contributed by atoms with van der Waals surface area (Å²) in [4.78, 5) is 21.5. The fourth-order valence-corrected chi connectivity index (χ4v) is 2.00. The molecule has 1 aromatic rings. The van der Waals surface area contributed by atoms with Gasteiger partial charge in [0, 0.05) is 24.5 Å². The number of carbonyl (C=O) groups is 1. The van der Waals surface area contributed by atoms with E-state index in [0.717, 1.165) is 18.4 Å². The maximum Gasteiger partial charge on any atom is 0.269 e. The van der Waals surface area contributed by atoms with Gasteiger partial charge in [-0.05, 0) is 18.4 Å². The lowest BCUT2D eigenvalue weighted by molar-refractivity contribution is -0.384. The minimum Gasteiger partial charge on any atom is -0.299 e. The van der Waals surface area contributed by atoms with Crippen LogP contribution in [0.25, 0.3) is 0 Å². The van der Waals surface area contributed by atoms with Gasteiger partial charge in [-0.3, -0.25) is 14.9 Å². The summed E-state index contributed by atoms with van der Waals surface area (Å²) in [6.45, 7) is 0. The molecule has 0 aromatic heterocycles. The summed E-state index contributed by atoms with van der Waals surface area (Å²) in [5, 5.41) is 10.4. The number of nitrogens with zero attached hydrogens (tertiary/aromatic N) is 1. The van der Waals surface area contributed by atoms with Crippen molar-refractivity contribution in [3.8, 4) is 0 Å². The van der Waals surface area contributed by atoms with Crippen LogP contribution in [0.2, 0.25) is 0 Å². The van der Waals surface area contributed by atoms with Gasteiger partial charge in [0.1, 0.15) is 5.78 Å². The monoisotopic (exact) mass is 205 g/mol. The maximum absolute atomic E-state index is 11.5. The van der Waals surface area contributed by atoms with Crippen LogP contribution < -0.4 is 0 Å². The van der Waals surface area contributed by atoms with Crippen LogP contribution in [0.3, 0.4) is 0 Å². The van der Waals surface area contributed by atoms with E-state index < -0.39 is 4.92 Å². The molecule has 1 aliphatic carbocycles. The van der Waals surface area contributed by atoms with Crippen molar-refractivity contribution >= 4 is 11.5 Å². The van der Waals surface area contributed by atoms with Gasteiger partial charge in [-0.2, -0.15) is 0 Å². The third kappa shape index (κ3) is 1.88. The SMILES string of the molecule is O=C1CCCC1c1ccc([N+](=O)[O-])cc1. The van der Waals surface area contributed by atoms with Gasteiger partial charge in [0.05, 0.1) is 4.92 Å². The topological polar surface area (TPSA) is 60.2 Å². The Labute approximate surface area is 87.1 Å². The molecule has 0 N–H and O–H groups in total. The summed E-state index contributed by atoms with van der Waals surface area (Å²) in [5.41, 5.74) is 0.979. The fourth-order valence-electron chi connectivity index (χ4n) is 2.00. The predicted octanol–water partition coefficient (Wildman–Crippen LogP) is 2.43. The molecule has 1 aromatic carbocycles. The zero-order valence-corrected chi connectivity index (χ0v) is 8.18. The largest absolute Gasteiger partial charge is 0.299 e. The molecule has 1 fully saturated rings. The summed E-state index contributed by atoms with van der Waals surface area (Å²) in [5.74, 6) is 0.217. The molecular weight excluding hydrogens is 194 g/mol. The van der Waals surface area contributed by atoms with Gasteiger partial charge in [-0.15, -0.1) is 0 Å². The molecule has 78 valence electrons. The normalized spacial score (nSPS) is 20.5. The zero-order valence-electron chi connectivity index (χ0n) is 8.18. The Morgan fingerprint density at radius 1 is 1.27 bits per heavy atom. The van der Waals surface area contributed by atoms with Gasteiger partial charge in [0.15, 0.2) is 0 Å². The van der Waals surface area contributed by atoms with Crippen molar-refractivity contribution in [2.45, 2.75) is 25.2 Å². The van der Waals surface area contributed by atoms with Crippen molar-refractivity contribution in [3.63, 3.8) is 0 Å². The number of Topliss-reactive ketones (excluding diaryl/α,β-unsaturated/α-hetero) is 1. The molecule has 2 rings (SSSR count). The first-order valence-electron chi connectivity index (χ1n) is 4.95. The lowest BCUT2D eigenvalue weighted by Gasteiger charge is -2.06. The van der Waals surface area contributed by atoms with Crippen molar-refractivity contribution in [1.29, 1.82) is 0 Å². The van der Waals surface area contributed by atoms with Gasteiger partial charge in [-0.25, -0.2) is 0 Å². The Morgan fingerprint density at radius 2 is 1.93 bits per heavy atom. The maximum atomic E-state index is 11.5. The third-order valence-electron chi connectivity index (χ3n) is 2.81. The molecular formula is C11H11NO3. The molecule has 1 aliphatic rings. The highest BCUT2D eigenvalue weighted by molar-refractivity contribution is 5.87. The Kier molecular flexibility index (Phi) is 2.49. The molecule has 1 saturated carbocycles. The van der Waals surface area contributed by atoms with Gasteiger partial charge in [0.2, 0.25) is 0 Å². The predicted molar refractivity (Wildman–Crippen MR) is 54.7 cm³/mol. The van der Waals surface area contributed by atoms with Crippen LogP contribution in [0.4, 0.5) is 5.69 Å². The van der Waals surface area contributed by atoms with Crippen LogP contribution in [-0.4, -0.2) is 10.7 Å². The molecule has 15 heavy (non-hydrogen) atoms. The van der Waals surface area contributed by atoms with Crippen molar-refractivity contribution in [1.82, 2.24) is 0 Å². The van der Waals surface area contributed by atoms with Gasteiger partial charge >= 0.3 is 0 Å². The zero-order chi connectivity index (χ0) is 10.8. The van der Waals surface area contributed by atoms with Gasteiger partial charge < -0.3 is 0 Å². The van der Waals surface area contributed by atoms with E-state index >= 15 is 0 Å². The van der Waals surface area contributed by atoms with E-state index in [1.807, 2.05) is 0 Å². The van der Waals surface area contributed by atoms with E-state index in [4.69, 9.17) is 0 Å². The second-order valence-electron chi connectivity index (χ2n) is 3.76. The van der Waals surface area contributed by atoms with Crippen LogP contribution in [0.5, 0.6) is 0 Å². The lowest BCUT2D eigenvalue weighted by Crippen LogP contribution is -2.03. The van der Waals surface area contributed by atoms with Crippen LogP contribution in [0, 0.1) is 10.1 Å². The summed E-state index contributed by atoms with van der Waals surface area (Å²) in [7, 11) is 0. The van der Waals surface area contributed by atoms with Crippen molar-refractivity contribution in [3.05, 3.63) is 39.9 Å². The lowest BCUT2D eigenvalue weighted by atomic mass is 9.97. The quantitative estimate of drug-likeness (QED) is 0.550. The average molecular weight is 205 g/mol. The van der Waals surface area contributed by atoms with Crippen LogP contribution >= 0.6 is 0 Å². The summed E-state index contributed by atoms with van der Waals surface area (Å²) >= 11 is 0. The van der Waals surface area contributed by atoms with E-state index in [1.165, 1.54) is 12.1 Å². The van der Waals surface area contributed by atoms with E-state index in [0.29, 0.717) is 6.42 Å². The third-order valence-corrected chi connectivity index (χ3v) is 2.81. The smallest absolute Gasteiger partial charge is 0.269 e. The molecule has 0 amide bonds. The number of benzene rings is 1. The van der Waals surface area contributed by atoms with Crippen LogP contribution in [-0.2, 0) is 4.79 Å². The number of rotatable bonds is 2. The second kappa shape index (κ2) is 3.81. The molecule has 0 radical (unpaired) electrons. The minimum atomic E-state index is -0.430. The first-order valence-corrected chi connectivity index (χ1v) is 4.95. The molecule has 0 aliphatic heterocycles. The number of non-ortho nitro benzene ring substituents is 1. The summed E-state index contributed by atoms with van der Waals surface area (Å²) < 4.78 is 0. The van der Waals surface area contributed by atoms with Crippen molar-refractivity contribution in [2.24, 2.45) is 0 Å². The molecule has 4 nitrogen and oxygen atoms in total. The molecule has 0 spiro atoms. The van der Waals surface area contributed by atoms with E-state index in [-0.39, 0.29) is 17.4 Å². The van der Waals surface area contributed by atoms with Crippen LogP contribution in [0.15, 0.2) is 24.3 Å². The molecule has 1 atom stereocenters. The number of ketones is 1. The molecule has 1 unspecified atom stereocenters. The number of nitro groups is 1. The van der Waals surface area contributed by atoms with E-state index in [9.17, 15) is 14.9 Å². The van der Waals surface area contributed by atoms with Crippen molar-refractivity contribution in [2.75, 3.05) is 0 Å². The number of carbonyl (C=O) groups excluding carboxylic acids is 1. The Bertz CT molecular complexity index is 397. The average Bonchev–Trinajstić information content (AvgIpc) is 2.65. The Hall–Kier alpha value is -1.71. The van der Waals surface area contributed by atoms with Gasteiger partial charge in [0.25, 0.3) is 5.69 Å². The Morgan fingerprint density at radius 3 is 2.40 bits per heavy atom. The highest BCUT2D eigenvalue weighted by atomic mass is 16.6. The highest BCUT2D eigenvalue weighted by Crippen LogP contribution is 2.31. The molecule has 0 bridgehead atoms. The summed E-state index contributed by atoms with van der Waals surface area (Å²) in [6.07, 6.45) is 2.44. The first-order chi connectivity index (χ1) is 7.18. The van der Waals surface area contributed by atoms with Gasteiger partial charge in [-0.1, -0.05) is 12.1 Å². The molecule has 0 saturated heterocycles. The molecule has 4 heteroatoms.